The van der Waals surface area contributed by atoms with Crippen LogP contribution in [0.4, 0.5) is 0 Å². The Morgan fingerprint density at radius 3 is 3.12 bits per heavy atom. The van der Waals surface area contributed by atoms with E-state index in [1.807, 2.05) is 22.6 Å². The minimum absolute atomic E-state index is 0.267. The fourth-order valence-corrected chi connectivity index (χ4v) is 3.00. The lowest BCUT2D eigenvalue weighted by Gasteiger charge is -2.30. The van der Waals surface area contributed by atoms with Gasteiger partial charge in [0.1, 0.15) is 0 Å². The molecule has 1 fully saturated rings. The summed E-state index contributed by atoms with van der Waals surface area (Å²) in [5, 5.41) is 7.86. The van der Waals surface area contributed by atoms with Crippen molar-refractivity contribution in [1.29, 1.82) is 0 Å². The molecule has 17 heavy (non-hydrogen) atoms. The quantitative estimate of drug-likeness (QED) is 0.869. The van der Waals surface area contributed by atoms with Crippen molar-refractivity contribution in [2.24, 2.45) is 0 Å². The van der Waals surface area contributed by atoms with Crippen molar-refractivity contribution in [2.75, 3.05) is 24.7 Å². The van der Waals surface area contributed by atoms with E-state index in [9.17, 15) is 0 Å². The molecular formula is C12H21N3OS. The Bertz CT molecular complexity index is 336. The lowest BCUT2D eigenvalue weighted by Crippen LogP contribution is -2.37. The van der Waals surface area contributed by atoms with Gasteiger partial charge in [0.15, 0.2) is 0 Å². The van der Waals surface area contributed by atoms with Gasteiger partial charge in [0.05, 0.1) is 24.9 Å². The summed E-state index contributed by atoms with van der Waals surface area (Å²) >= 11 is 1.97. The van der Waals surface area contributed by atoms with Crippen molar-refractivity contribution >= 4 is 11.8 Å². The van der Waals surface area contributed by atoms with Gasteiger partial charge in [0.2, 0.25) is 0 Å². The molecule has 4 nitrogen and oxygen atoms in total. The lowest BCUT2D eigenvalue weighted by molar-refractivity contribution is 0.0472. The number of aromatic nitrogens is 2. The van der Waals surface area contributed by atoms with E-state index < -0.39 is 0 Å². The number of aryl methyl sites for hydroxylation is 1. The zero-order chi connectivity index (χ0) is 12.1. The first-order valence-electron chi connectivity index (χ1n) is 6.30. The molecule has 2 unspecified atom stereocenters. The summed E-state index contributed by atoms with van der Waals surface area (Å²) in [5.41, 5.74) is 1.24. The van der Waals surface area contributed by atoms with Gasteiger partial charge in [-0.05, 0) is 13.5 Å². The molecule has 96 valence electrons. The van der Waals surface area contributed by atoms with Gasteiger partial charge in [-0.3, -0.25) is 4.68 Å². The van der Waals surface area contributed by atoms with E-state index in [4.69, 9.17) is 4.74 Å². The maximum absolute atomic E-state index is 5.87. The maximum Gasteiger partial charge on any atom is 0.0861 e. The van der Waals surface area contributed by atoms with E-state index in [0.29, 0.717) is 0 Å². The van der Waals surface area contributed by atoms with Crippen LogP contribution in [0.1, 0.15) is 25.5 Å². The predicted octanol–water partition coefficient (Wildman–Crippen LogP) is 1.69. The average molecular weight is 255 g/mol. The van der Waals surface area contributed by atoms with Crippen molar-refractivity contribution < 1.29 is 4.74 Å². The molecule has 0 radical (unpaired) electrons. The van der Waals surface area contributed by atoms with E-state index in [2.05, 4.69) is 30.5 Å². The normalized spacial score (nSPS) is 22.6. The molecule has 5 heteroatoms. The van der Waals surface area contributed by atoms with Gasteiger partial charge < -0.3 is 10.1 Å². The summed E-state index contributed by atoms with van der Waals surface area (Å²) in [5.74, 6) is 2.18. The molecule has 1 N–H and O–H groups in total. The molecule has 1 aliphatic heterocycles. The smallest absolute Gasteiger partial charge is 0.0861 e. The molecule has 1 aromatic rings. The molecule has 0 spiro atoms. The molecule has 0 amide bonds. The highest BCUT2D eigenvalue weighted by atomic mass is 32.2. The highest BCUT2D eigenvalue weighted by molar-refractivity contribution is 7.99. The van der Waals surface area contributed by atoms with Crippen molar-refractivity contribution in [3.63, 3.8) is 0 Å². The minimum Gasteiger partial charge on any atom is -0.375 e. The zero-order valence-corrected chi connectivity index (χ0v) is 11.4. The third kappa shape index (κ3) is 3.24. The van der Waals surface area contributed by atoms with Crippen LogP contribution in [0.2, 0.25) is 0 Å². The molecule has 0 bridgehead atoms. The van der Waals surface area contributed by atoms with Crippen LogP contribution in [-0.2, 0) is 11.3 Å². The highest BCUT2D eigenvalue weighted by Crippen LogP contribution is 2.25. The van der Waals surface area contributed by atoms with Crippen molar-refractivity contribution in [3.05, 3.63) is 18.0 Å². The van der Waals surface area contributed by atoms with E-state index in [-0.39, 0.29) is 12.1 Å². The van der Waals surface area contributed by atoms with Gasteiger partial charge >= 0.3 is 0 Å². The summed E-state index contributed by atoms with van der Waals surface area (Å²) < 4.78 is 7.84. The SMILES string of the molecule is CCNC(c1cnn(CC)c1)C1CSCCO1. The van der Waals surface area contributed by atoms with Crippen LogP contribution in [0.3, 0.4) is 0 Å². The first-order valence-corrected chi connectivity index (χ1v) is 7.45. The number of likely N-dealkylation sites (N-methyl/N-ethyl adjacent to an activating group) is 1. The Kier molecular flexibility index (Phi) is 4.88. The largest absolute Gasteiger partial charge is 0.375 e. The van der Waals surface area contributed by atoms with Crippen LogP contribution >= 0.6 is 11.8 Å². The topological polar surface area (TPSA) is 39.1 Å². The summed E-state index contributed by atoms with van der Waals surface area (Å²) in [6.07, 6.45) is 4.35. The van der Waals surface area contributed by atoms with Gasteiger partial charge in [0.25, 0.3) is 0 Å². The molecule has 0 saturated carbocycles. The van der Waals surface area contributed by atoms with E-state index in [1.165, 1.54) is 5.56 Å². The summed E-state index contributed by atoms with van der Waals surface area (Å²) in [4.78, 5) is 0. The van der Waals surface area contributed by atoms with Gasteiger partial charge in [-0.2, -0.15) is 16.9 Å². The second-order valence-electron chi connectivity index (χ2n) is 4.15. The summed E-state index contributed by atoms with van der Waals surface area (Å²) in [6.45, 7) is 6.96. The molecule has 0 aliphatic carbocycles. The number of nitrogens with one attached hydrogen (secondary N) is 1. The standard InChI is InChI=1S/C12H21N3OS/c1-3-13-12(11-9-17-6-5-16-11)10-7-14-15(4-2)8-10/h7-8,11-13H,3-6,9H2,1-2H3. The third-order valence-electron chi connectivity index (χ3n) is 2.97. The second-order valence-corrected chi connectivity index (χ2v) is 5.30. The first-order chi connectivity index (χ1) is 8.35. The minimum atomic E-state index is 0.267. The molecule has 2 atom stereocenters. The van der Waals surface area contributed by atoms with E-state index >= 15 is 0 Å². The van der Waals surface area contributed by atoms with Gasteiger partial charge in [-0.15, -0.1) is 0 Å². The Morgan fingerprint density at radius 1 is 1.65 bits per heavy atom. The lowest BCUT2D eigenvalue weighted by atomic mass is 10.1. The molecule has 2 rings (SSSR count). The van der Waals surface area contributed by atoms with E-state index in [0.717, 1.165) is 31.2 Å². The number of rotatable bonds is 5. The summed E-state index contributed by atoms with van der Waals surface area (Å²) in [7, 11) is 0. The number of hydrogen-bond acceptors (Lipinski definition) is 4. The molecule has 1 aromatic heterocycles. The number of ether oxygens (including phenoxy) is 1. The third-order valence-corrected chi connectivity index (χ3v) is 3.99. The van der Waals surface area contributed by atoms with Crippen LogP contribution in [-0.4, -0.2) is 40.5 Å². The van der Waals surface area contributed by atoms with Crippen molar-refractivity contribution in [1.82, 2.24) is 15.1 Å². The monoisotopic (exact) mass is 255 g/mol. The predicted molar refractivity (Wildman–Crippen MR) is 71.4 cm³/mol. The fourth-order valence-electron chi connectivity index (χ4n) is 2.10. The van der Waals surface area contributed by atoms with Crippen LogP contribution < -0.4 is 5.32 Å². The van der Waals surface area contributed by atoms with Crippen LogP contribution in [0, 0.1) is 0 Å². The van der Waals surface area contributed by atoms with Crippen molar-refractivity contribution in [3.8, 4) is 0 Å². The molecule has 1 saturated heterocycles. The number of nitrogens with zero attached hydrogens (tertiary/aromatic N) is 2. The van der Waals surface area contributed by atoms with Gasteiger partial charge in [-0.1, -0.05) is 6.92 Å². The maximum atomic E-state index is 5.87. The van der Waals surface area contributed by atoms with Gasteiger partial charge in [-0.25, -0.2) is 0 Å². The Hall–Kier alpha value is -0.520. The Balaban J connectivity index is 2.09. The van der Waals surface area contributed by atoms with Gasteiger partial charge in [0, 0.05) is 29.8 Å². The Labute approximate surface area is 107 Å². The Morgan fingerprint density at radius 2 is 2.53 bits per heavy atom. The van der Waals surface area contributed by atoms with Crippen LogP contribution in [0.15, 0.2) is 12.4 Å². The average Bonchev–Trinajstić information content (AvgIpc) is 2.85. The van der Waals surface area contributed by atoms with Crippen molar-refractivity contribution in [2.45, 2.75) is 32.5 Å². The molecule has 0 aromatic carbocycles. The first kappa shape index (κ1) is 12.9. The fraction of sp³-hybridized carbons (Fsp3) is 0.750. The number of thioether (sulfide) groups is 1. The summed E-state index contributed by atoms with van der Waals surface area (Å²) in [6, 6.07) is 0.271. The van der Waals surface area contributed by atoms with Crippen LogP contribution in [0.25, 0.3) is 0 Å². The van der Waals surface area contributed by atoms with Crippen LogP contribution in [0.5, 0.6) is 0 Å². The zero-order valence-electron chi connectivity index (χ0n) is 10.6. The van der Waals surface area contributed by atoms with E-state index in [1.54, 1.807) is 0 Å². The molecule has 2 heterocycles. The number of hydrogen-bond donors (Lipinski definition) is 1. The second kappa shape index (κ2) is 6.42. The molecule has 1 aliphatic rings. The molecular weight excluding hydrogens is 234 g/mol. The highest BCUT2D eigenvalue weighted by Gasteiger charge is 2.26.